The Balaban J connectivity index is 2.10. The molecule has 2 aliphatic heterocycles. The molecule has 24 heavy (non-hydrogen) atoms. The molecule has 3 N–H and O–H groups in total. The van der Waals surface area contributed by atoms with Crippen LogP contribution >= 0.6 is 0 Å². The Morgan fingerprint density at radius 2 is 1.88 bits per heavy atom. The predicted molar refractivity (Wildman–Crippen MR) is 86.7 cm³/mol. The maximum absolute atomic E-state index is 12.6. The number of nitrogens with zero attached hydrogens (tertiary/aromatic N) is 2. The van der Waals surface area contributed by atoms with Crippen molar-refractivity contribution >= 4 is 23.8 Å². The van der Waals surface area contributed by atoms with E-state index in [1.165, 1.54) is 0 Å². The standard InChI is InChI=1S/C16H26N4O4/c1-4-16(5-2)14(23)20(15(24)18-16)9-12(21)19-8-11(13(17)22)7-6-10(19)3/h10-11H,4-9H2,1-3H3,(H2,17,22)(H,18,24)/t10-,11+/m1/s1. The molecule has 0 aromatic heterocycles. The molecule has 2 rings (SSSR count). The second-order valence-corrected chi connectivity index (χ2v) is 6.68. The molecule has 0 aromatic carbocycles. The van der Waals surface area contributed by atoms with Crippen LogP contribution in [-0.4, -0.2) is 58.2 Å². The summed E-state index contributed by atoms with van der Waals surface area (Å²) in [4.78, 5) is 51.3. The van der Waals surface area contributed by atoms with E-state index in [2.05, 4.69) is 5.32 Å². The Morgan fingerprint density at radius 1 is 1.25 bits per heavy atom. The summed E-state index contributed by atoms with van der Waals surface area (Å²) in [6, 6.07) is -0.580. The van der Waals surface area contributed by atoms with E-state index in [0.29, 0.717) is 25.7 Å². The normalized spacial score (nSPS) is 26.5. The van der Waals surface area contributed by atoms with Crippen LogP contribution in [0.1, 0.15) is 46.5 Å². The predicted octanol–water partition coefficient (Wildman–Crippen LogP) is 0.209. The van der Waals surface area contributed by atoms with Crippen LogP contribution in [0, 0.1) is 5.92 Å². The molecule has 5 amide bonds. The lowest BCUT2D eigenvalue weighted by molar-refractivity contribution is -0.142. The van der Waals surface area contributed by atoms with Gasteiger partial charge in [-0.05, 0) is 32.6 Å². The number of carbonyl (C=O) groups is 4. The summed E-state index contributed by atoms with van der Waals surface area (Å²) in [6.45, 7) is 5.49. The van der Waals surface area contributed by atoms with Gasteiger partial charge in [-0.15, -0.1) is 0 Å². The smallest absolute Gasteiger partial charge is 0.325 e. The van der Waals surface area contributed by atoms with Crippen molar-refractivity contribution in [1.82, 2.24) is 15.1 Å². The number of hydrogen-bond donors (Lipinski definition) is 2. The molecule has 2 saturated heterocycles. The molecule has 0 unspecified atom stereocenters. The van der Waals surface area contributed by atoms with E-state index in [4.69, 9.17) is 5.73 Å². The van der Waals surface area contributed by atoms with Crippen LogP contribution in [0.25, 0.3) is 0 Å². The third-order valence-corrected chi connectivity index (χ3v) is 5.35. The highest BCUT2D eigenvalue weighted by Crippen LogP contribution is 2.26. The van der Waals surface area contributed by atoms with Gasteiger partial charge in [-0.1, -0.05) is 13.8 Å². The molecule has 0 aliphatic carbocycles. The molecule has 0 aromatic rings. The minimum Gasteiger partial charge on any atom is -0.369 e. The second-order valence-electron chi connectivity index (χ2n) is 6.68. The van der Waals surface area contributed by atoms with E-state index < -0.39 is 17.5 Å². The first kappa shape index (κ1) is 18.2. The highest BCUT2D eigenvalue weighted by atomic mass is 16.2. The summed E-state index contributed by atoms with van der Waals surface area (Å²) < 4.78 is 0. The van der Waals surface area contributed by atoms with Crippen molar-refractivity contribution in [3.8, 4) is 0 Å². The number of hydrogen-bond acceptors (Lipinski definition) is 4. The summed E-state index contributed by atoms with van der Waals surface area (Å²) in [5.74, 6) is -1.49. The number of piperidine rings is 1. The molecule has 0 spiro atoms. The van der Waals surface area contributed by atoms with E-state index in [1.54, 1.807) is 4.90 Å². The fourth-order valence-electron chi connectivity index (χ4n) is 3.46. The lowest BCUT2D eigenvalue weighted by Gasteiger charge is -2.37. The van der Waals surface area contributed by atoms with Crippen molar-refractivity contribution < 1.29 is 19.2 Å². The zero-order valence-electron chi connectivity index (χ0n) is 14.5. The van der Waals surface area contributed by atoms with E-state index in [0.717, 1.165) is 4.90 Å². The van der Waals surface area contributed by atoms with Crippen LogP contribution in [0.3, 0.4) is 0 Å². The van der Waals surface area contributed by atoms with Crippen LogP contribution in [-0.2, 0) is 14.4 Å². The number of amides is 5. The van der Waals surface area contributed by atoms with E-state index in [1.807, 2.05) is 20.8 Å². The van der Waals surface area contributed by atoms with Gasteiger partial charge in [-0.2, -0.15) is 0 Å². The maximum atomic E-state index is 12.6. The SMILES string of the molecule is CCC1(CC)NC(=O)N(CC(=O)N2C[C@@H](C(N)=O)CC[C@H]2C)C1=O. The minimum absolute atomic E-state index is 0.0454. The molecule has 0 saturated carbocycles. The van der Waals surface area contributed by atoms with Gasteiger partial charge < -0.3 is 16.0 Å². The molecule has 134 valence electrons. The van der Waals surface area contributed by atoms with Gasteiger partial charge in [-0.3, -0.25) is 19.3 Å². The lowest BCUT2D eigenvalue weighted by atomic mass is 9.92. The zero-order valence-corrected chi connectivity index (χ0v) is 14.5. The van der Waals surface area contributed by atoms with E-state index in [9.17, 15) is 19.2 Å². The van der Waals surface area contributed by atoms with Crippen molar-refractivity contribution in [1.29, 1.82) is 0 Å². The third-order valence-electron chi connectivity index (χ3n) is 5.35. The molecule has 0 radical (unpaired) electrons. The Labute approximate surface area is 141 Å². The summed E-state index contributed by atoms with van der Waals surface area (Å²) >= 11 is 0. The average molecular weight is 338 g/mol. The van der Waals surface area contributed by atoms with Gasteiger partial charge in [0.25, 0.3) is 5.91 Å². The summed E-state index contributed by atoms with van der Waals surface area (Å²) in [6.07, 6.45) is 2.27. The minimum atomic E-state index is -0.916. The Kier molecular flexibility index (Phi) is 5.15. The van der Waals surface area contributed by atoms with Gasteiger partial charge in [-0.25, -0.2) is 4.79 Å². The zero-order chi connectivity index (χ0) is 18.1. The van der Waals surface area contributed by atoms with E-state index >= 15 is 0 Å². The number of primary amides is 1. The van der Waals surface area contributed by atoms with Crippen molar-refractivity contribution in [3.63, 3.8) is 0 Å². The van der Waals surface area contributed by atoms with Crippen molar-refractivity contribution in [2.45, 2.75) is 58.0 Å². The van der Waals surface area contributed by atoms with Crippen LogP contribution in [0.4, 0.5) is 4.79 Å². The molecule has 2 heterocycles. The van der Waals surface area contributed by atoms with Crippen LogP contribution in [0.5, 0.6) is 0 Å². The Morgan fingerprint density at radius 3 is 2.38 bits per heavy atom. The number of likely N-dealkylation sites (tertiary alicyclic amines) is 1. The molecule has 2 atom stereocenters. The first-order chi connectivity index (χ1) is 11.3. The monoisotopic (exact) mass is 338 g/mol. The highest BCUT2D eigenvalue weighted by Gasteiger charge is 2.49. The summed E-state index contributed by atoms with van der Waals surface area (Å²) in [7, 11) is 0. The van der Waals surface area contributed by atoms with Crippen LogP contribution in [0.2, 0.25) is 0 Å². The van der Waals surface area contributed by atoms with Gasteiger partial charge >= 0.3 is 6.03 Å². The topological polar surface area (TPSA) is 113 Å². The number of nitrogens with two attached hydrogens (primary N) is 1. The van der Waals surface area contributed by atoms with Gasteiger partial charge in [0.1, 0.15) is 12.1 Å². The number of rotatable bonds is 5. The van der Waals surface area contributed by atoms with Crippen LogP contribution < -0.4 is 11.1 Å². The second kappa shape index (κ2) is 6.78. The molecular formula is C16H26N4O4. The number of urea groups is 1. The lowest BCUT2D eigenvalue weighted by Crippen LogP contribution is -2.52. The third kappa shape index (κ3) is 3.09. The molecule has 2 aliphatic rings. The Hall–Kier alpha value is -2.12. The van der Waals surface area contributed by atoms with Crippen molar-refractivity contribution in [3.05, 3.63) is 0 Å². The number of carbonyl (C=O) groups excluding carboxylic acids is 4. The van der Waals surface area contributed by atoms with Crippen molar-refractivity contribution in [2.24, 2.45) is 11.7 Å². The summed E-state index contributed by atoms with van der Waals surface area (Å²) in [5, 5.41) is 2.71. The fourth-order valence-corrected chi connectivity index (χ4v) is 3.46. The van der Waals surface area contributed by atoms with Crippen molar-refractivity contribution in [2.75, 3.05) is 13.1 Å². The first-order valence-corrected chi connectivity index (χ1v) is 8.48. The Bertz CT molecular complexity index is 558. The van der Waals surface area contributed by atoms with E-state index in [-0.39, 0.29) is 36.9 Å². The first-order valence-electron chi connectivity index (χ1n) is 8.48. The van der Waals surface area contributed by atoms with Gasteiger partial charge in [0.05, 0.1) is 5.92 Å². The molecule has 8 heteroatoms. The molecule has 2 fully saturated rings. The van der Waals surface area contributed by atoms with Gasteiger partial charge in [0.15, 0.2) is 0 Å². The van der Waals surface area contributed by atoms with Crippen LogP contribution in [0.15, 0.2) is 0 Å². The molecule has 8 nitrogen and oxygen atoms in total. The fraction of sp³-hybridized carbons (Fsp3) is 0.750. The maximum Gasteiger partial charge on any atom is 0.325 e. The largest absolute Gasteiger partial charge is 0.369 e. The number of nitrogens with one attached hydrogen (secondary N) is 1. The molecule has 0 bridgehead atoms. The average Bonchev–Trinajstić information content (AvgIpc) is 2.79. The van der Waals surface area contributed by atoms with Gasteiger partial charge in [0.2, 0.25) is 11.8 Å². The molecular weight excluding hydrogens is 312 g/mol. The summed E-state index contributed by atoms with van der Waals surface area (Å²) in [5.41, 5.74) is 4.43. The number of imide groups is 1. The highest BCUT2D eigenvalue weighted by molar-refractivity contribution is 6.09. The van der Waals surface area contributed by atoms with Gasteiger partial charge in [0, 0.05) is 12.6 Å². The quantitative estimate of drug-likeness (QED) is 0.698.